The molecule has 1 unspecified atom stereocenters. The van der Waals surface area contributed by atoms with Crippen molar-refractivity contribution >= 4 is 30.7 Å². The van der Waals surface area contributed by atoms with Gasteiger partial charge in [0.15, 0.2) is 0 Å². The Bertz CT molecular complexity index is 527. The van der Waals surface area contributed by atoms with Crippen LogP contribution in [0.4, 0.5) is 0 Å². The minimum atomic E-state index is -0.791. The van der Waals surface area contributed by atoms with Crippen molar-refractivity contribution < 1.29 is 9.53 Å². The molecule has 7 heteroatoms. The molecule has 2 N–H and O–H groups in total. The zero-order valence-electron chi connectivity index (χ0n) is 14.8. The number of rotatable bonds is 4. The molecule has 1 aliphatic heterocycles. The lowest BCUT2D eigenvalue weighted by Crippen LogP contribution is -2.57. The Morgan fingerprint density at radius 2 is 1.79 bits per heavy atom. The predicted molar refractivity (Wildman–Crippen MR) is 102 cm³/mol. The summed E-state index contributed by atoms with van der Waals surface area (Å²) in [5.74, 6) is 0.907. The number of halogens is 2. The molecule has 1 fully saturated rings. The lowest BCUT2D eigenvalue weighted by atomic mass is 10.0. The van der Waals surface area contributed by atoms with Crippen LogP contribution in [-0.4, -0.2) is 54.5 Å². The van der Waals surface area contributed by atoms with E-state index >= 15 is 0 Å². The summed E-state index contributed by atoms with van der Waals surface area (Å²) in [6.45, 7) is 8.90. The molecule has 138 valence electrons. The largest absolute Gasteiger partial charge is 0.497 e. The van der Waals surface area contributed by atoms with Crippen LogP contribution in [0.1, 0.15) is 32.4 Å². The summed E-state index contributed by atoms with van der Waals surface area (Å²) in [5, 5.41) is 0. The van der Waals surface area contributed by atoms with Crippen LogP contribution in [0.2, 0.25) is 0 Å². The van der Waals surface area contributed by atoms with Crippen molar-refractivity contribution in [3.8, 4) is 5.75 Å². The number of ether oxygens (including phenoxy) is 1. The van der Waals surface area contributed by atoms with Crippen molar-refractivity contribution in [3.05, 3.63) is 29.8 Å². The van der Waals surface area contributed by atoms with Gasteiger partial charge >= 0.3 is 0 Å². The quantitative estimate of drug-likeness (QED) is 0.875. The first-order valence-electron chi connectivity index (χ1n) is 7.79. The SMILES string of the molecule is COc1cccc(C(C)N2CCN(C(=O)C(C)(C)N)CC2)c1.Cl.Cl. The maximum Gasteiger partial charge on any atom is 0.242 e. The summed E-state index contributed by atoms with van der Waals surface area (Å²) in [5.41, 5.74) is 6.35. The molecule has 5 nitrogen and oxygen atoms in total. The average Bonchev–Trinajstić information content (AvgIpc) is 2.53. The van der Waals surface area contributed by atoms with E-state index in [1.165, 1.54) is 5.56 Å². The van der Waals surface area contributed by atoms with Gasteiger partial charge in [0.1, 0.15) is 5.75 Å². The number of nitrogens with two attached hydrogens (primary N) is 1. The molecule has 0 bridgehead atoms. The maximum atomic E-state index is 12.2. The van der Waals surface area contributed by atoms with Crippen LogP contribution >= 0.6 is 24.8 Å². The summed E-state index contributed by atoms with van der Waals surface area (Å²) < 4.78 is 5.29. The third kappa shape index (κ3) is 5.52. The molecule has 0 aliphatic carbocycles. The van der Waals surface area contributed by atoms with Gasteiger partial charge in [0, 0.05) is 32.2 Å². The van der Waals surface area contributed by atoms with Crippen LogP contribution < -0.4 is 10.5 Å². The smallest absolute Gasteiger partial charge is 0.242 e. The van der Waals surface area contributed by atoms with E-state index in [0.29, 0.717) is 6.04 Å². The van der Waals surface area contributed by atoms with E-state index in [4.69, 9.17) is 10.5 Å². The highest BCUT2D eigenvalue weighted by Gasteiger charge is 2.31. The second kappa shape index (κ2) is 9.47. The minimum Gasteiger partial charge on any atom is -0.497 e. The van der Waals surface area contributed by atoms with Crippen LogP contribution in [0.15, 0.2) is 24.3 Å². The third-order valence-electron chi connectivity index (χ3n) is 4.28. The van der Waals surface area contributed by atoms with E-state index in [0.717, 1.165) is 31.9 Å². The second-order valence-corrected chi connectivity index (χ2v) is 6.50. The summed E-state index contributed by atoms with van der Waals surface area (Å²) >= 11 is 0. The fraction of sp³-hybridized carbons (Fsp3) is 0.588. The Morgan fingerprint density at radius 1 is 1.21 bits per heavy atom. The van der Waals surface area contributed by atoms with Gasteiger partial charge in [-0.1, -0.05) is 12.1 Å². The molecular formula is C17H29Cl2N3O2. The Kier molecular flexibility index (Phi) is 9.07. The van der Waals surface area contributed by atoms with Crippen molar-refractivity contribution in [2.75, 3.05) is 33.3 Å². The molecule has 0 spiro atoms. The molecule has 0 aromatic heterocycles. The van der Waals surface area contributed by atoms with Crippen LogP contribution in [0.25, 0.3) is 0 Å². The fourth-order valence-corrected chi connectivity index (χ4v) is 2.83. The summed E-state index contributed by atoms with van der Waals surface area (Å²) in [7, 11) is 1.68. The lowest BCUT2D eigenvalue weighted by molar-refractivity contribution is -0.137. The van der Waals surface area contributed by atoms with Gasteiger partial charge in [-0.15, -0.1) is 24.8 Å². The Labute approximate surface area is 157 Å². The topological polar surface area (TPSA) is 58.8 Å². The van der Waals surface area contributed by atoms with Gasteiger partial charge in [-0.2, -0.15) is 0 Å². The predicted octanol–water partition coefficient (Wildman–Crippen LogP) is 2.48. The molecule has 24 heavy (non-hydrogen) atoms. The van der Waals surface area contributed by atoms with Crippen molar-refractivity contribution in [1.82, 2.24) is 9.80 Å². The van der Waals surface area contributed by atoms with Gasteiger partial charge in [0.2, 0.25) is 5.91 Å². The summed E-state index contributed by atoms with van der Waals surface area (Å²) in [6.07, 6.45) is 0. The van der Waals surface area contributed by atoms with Crippen LogP contribution in [-0.2, 0) is 4.79 Å². The van der Waals surface area contributed by atoms with Crippen LogP contribution in [0.3, 0.4) is 0 Å². The zero-order chi connectivity index (χ0) is 16.3. The second-order valence-electron chi connectivity index (χ2n) is 6.50. The van der Waals surface area contributed by atoms with E-state index in [1.54, 1.807) is 21.0 Å². The molecule has 1 amide bonds. The molecule has 1 atom stereocenters. The first kappa shape index (κ1) is 23.0. The first-order valence-corrected chi connectivity index (χ1v) is 7.79. The van der Waals surface area contributed by atoms with Gasteiger partial charge in [0.25, 0.3) is 0 Å². The van der Waals surface area contributed by atoms with Gasteiger partial charge in [0.05, 0.1) is 12.6 Å². The van der Waals surface area contributed by atoms with Gasteiger partial charge in [-0.05, 0) is 38.5 Å². The number of carbonyl (C=O) groups is 1. The average molecular weight is 378 g/mol. The maximum absolute atomic E-state index is 12.2. The number of methoxy groups -OCH3 is 1. The van der Waals surface area contributed by atoms with E-state index in [9.17, 15) is 4.79 Å². The first-order chi connectivity index (χ1) is 10.3. The van der Waals surface area contributed by atoms with Crippen molar-refractivity contribution in [2.45, 2.75) is 32.4 Å². The summed E-state index contributed by atoms with van der Waals surface area (Å²) in [4.78, 5) is 16.5. The Morgan fingerprint density at radius 3 is 2.29 bits per heavy atom. The lowest BCUT2D eigenvalue weighted by Gasteiger charge is -2.40. The molecule has 0 radical (unpaired) electrons. The fourth-order valence-electron chi connectivity index (χ4n) is 2.83. The van der Waals surface area contributed by atoms with E-state index in [2.05, 4.69) is 24.0 Å². The molecular weight excluding hydrogens is 349 g/mol. The number of carbonyl (C=O) groups excluding carboxylic acids is 1. The molecule has 0 saturated carbocycles. The number of hydrogen-bond donors (Lipinski definition) is 1. The van der Waals surface area contributed by atoms with Gasteiger partial charge in [-0.3, -0.25) is 9.69 Å². The Balaban J connectivity index is 0.00000264. The standard InChI is InChI=1S/C17H27N3O2.2ClH/c1-13(14-6-5-7-15(12-14)22-4)19-8-10-20(11-9-19)16(21)17(2,3)18;;/h5-7,12-13H,8-11,18H2,1-4H3;2*1H. The van der Waals surface area contributed by atoms with Crippen LogP contribution in [0, 0.1) is 0 Å². The van der Waals surface area contributed by atoms with Crippen LogP contribution in [0.5, 0.6) is 5.75 Å². The normalized spacial score (nSPS) is 16.6. The van der Waals surface area contributed by atoms with Gasteiger partial charge in [-0.25, -0.2) is 0 Å². The van der Waals surface area contributed by atoms with E-state index in [1.807, 2.05) is 17.0 Å². The highest BCUT2D eigenvalue weighted by atomic mass is 35.5. The van der Waals surface area contributed by atoms with Gasteiger partial charge < -0.3 is 15.4 Å². The molecule has 2 rings (SSSR count). The minimum absolute atomic E-state index is 0. The van der Waals surface area contributed by atoms with Crippen molar-refractivity contribution in [2.24, 2.45) is 5.73 Å². The molecule has 1 aromatic carbocycles. The van der Waals surface area contributed by atoms with E-state index in [-0.39, 0.29) is 30.7 Å². The molecule has 1 saturated heterocycles. The Hall–Kier alpha value is -1.01. The zero-order valence-corrected chi connectivity index (χ0v) is 16.5. The highest BCUT2D eigenvalue weighted by molar-refractivity contribution is 5.86. The highest BCUT2D eigenvalue weighted by Crippen LogP contribution is 2.25. The number of amides is 1. The number of piperazine rings is 1. The number of nitrogens with zero attached hydrogens (tertiary/aromatic N) is 2. The summed E-state index contributed by atoms with van der Waals surface area (Å²) in [6, 6.07) is 8.47. The molecule has 1 aliphatic rings. The van der Waals surface area contributed by atoms with Crippen molar-refractivity contribution in [3.63, 3.8) is 0 Å². The molecule has 1 aromatic rings. The monoisotopic (exact) mass is 377 g/mol. The number of hydrogen-bond acceptors (Lipinski definition) is 4. The van der Waals surface area contributed by atoms with E-state index < -0.39 is 5.54 Å². The number of benzene rings is 1. The third-order valence-corrected chi connectivity index (χ3v) is 4.28. The molecule has 1 heterocycles. The van der Waals surface area contributed by atoms with Crippen molar-refractivity contribution in [1.29, 1.82) is 0 Å².